The molecule has 40 heavy (non-hydrogen) atoms. The molecule has 0 aliphatic heterocycles. The van der Waals surface area contributed by atoms with Gasteiger partial charge in [-0.2, -0.15) is 0 Å². The first-order chi connectivity index (χ1) is 19.5. The van der Waals surface area contributed by atoms with E-state index in [1.165, 1.54) is 0 Å². The van der Waals surface area contributed by atoms with Gasteiger partial charge in [0.2, 0.25) is 0 Å². The molecule has 0 saturated carbocycles. The number of rotatable bonds is 4. The van der Waals surface area contributed by atoms with E-state index in [0.29, 0.717) is 16.7 Å². The fourth-order valence-corrected chi connectivity index (χ4v) is 8.74. The van der Waals surface area contributed by atoms with Gasteiger partial charge in [-0.05, 0) is 38.9 Å². The predicted octanol–water partition coefficient (Wildman–Crippen LogP) is 6.09. The van der Waals surface area contributed by atoms with Crippen LogP contribution < -0.4 is 0 Å². The molecular weight excluding hydrogens is 492 g/mol. The quantitative estimate of drug-likeness (QED) is 0.302. The van der Waals surface area contributed by atoms with Crippen molar-refractivity contribution in [2.75, 3.05) is 0 Å². The van der Waals surface area contributed by atoms with Crippen LogP contribution >= 0.6 is 0 Å². The minimum atomic E-state index is -1.70. The number of fused-ring (bicyclic) bond motifs is 3. The second-order valence-electron chi connectivity index (χ2n) is 11.5. The summed E-state index contributed by atoms with van der Waals surface area (Å²) in [4.78, 5) is 15.3. The molecule has 0 radical (unpaired) electrons. The predicted molar refractivity (Wildman–Crippen MR) is 154 cm³/mol. The van der Waals surface area contributed by atoms with Crippen LogP contribution in [0.4, 0.5) is 0 Å². The molecule has 0 amide bonds. The molecule has 0 spiro atoms. The van der Waals surface area contributed by atoms with Crippen molar-refractivity contribution in [2.45, 2.75) is 29.5 Å². The van der Waals surface area contributed by atoms with Crippen LogP contribution in [0.3, 0.4) is 0 Å². The Bertz CT molecular complexity index is 1710. The van der Waals surface area contributed by atoms with Crippen molar-refractivity contribution in [3.8, 4) is 0 Å². The fourth-order valence-electron chi connectivity index (χ4n) is 8.74. The molecule has 0 saturated heterocycles. The molecule has 194 valence electrons. The maximum absolute atomic E-state index is 15.3. The normalized spacial score (nSPS) is 28.9. The standard InChI is InChI=1S/C37H28O3/c38-33-27-17-7-8-18-28(27)36-31-21-11-9-19-29(31)34(39,23-25-13-3-1-4-14-25)37(33,36)35(40,24-26-15-5-2-6-16-26)30-20-10-12-22-32(30)36/h1-22,39-40H,23-24H2. The van der Waals surface area contributed by atoms with Crippen LogP contribution in [0.5, 0.6) is 0 Å². The number of ketones is 1. The molecule has 2 N–H and O–H groups in total. The third kappa shape index (κ3) is 2.43. The molecule has 0 bridgehead atoms. The summed E-state index contributed by atoms with van der Waals surface area (Å²) >= 11 is 0. The highest BCUT2D eigenvalue weighted by molar-refractivity contribution is 6.13. The monoisotopic (exact) mass is 520 g/mol. The van der Waals surface area contributed by atoms with E-state index >= 15 is 4.79 Å². The van der Waals surface area contributed by atoms with Crippen molar-refractivity contribution >= 4 is 5.78 Å². The topological polar surface area (TPSA) is 57.5 Å². The number of hydrogen-bond donors (Lipinski definition) is 2. The van der Waals surface area contributed by atoms with Crippen molar-refractivity contribution in [3.05, 3.63) is 178 Å². The molecule has 2 unspecified atom stereocenters. The highest BCUT2D eigenvalue weighted by Crippen LogP contribution is 2.80. The maximum Gasteiger partial charge on any atom is 0.177 e. The van der Waals surface area contributed by atoms with E-state index in [0.717, 1.165) is 27.8 Å². The summed E-state index contributed by atoms with van der Waals surface area (Å²) in [5.41, 5.74) is 0.358. The van der Waals surface area contributed by atoms with E-state index in [4.69, 9.17) is 0 Å². The van der Waals surface area contributed by atoms with Crippen LogP contribution in [-0.4, -0.2) is 16.0 Å². The Morgan fingerprint density at radius 1 is 0.450 bits per heavy atom. The number of hydrogen-bond acceptors (Lipinski definition) is 3. The molecule has 3 nitrogen and oxygen atoms in total. The third-order valence-electron chi connectivity index (χ3n) is 9.88. The summed E-state index contributed by atoms with van der Waals surface area (Å²) in [6.07, 6.45) is 0.384. The number of aliphatic hydroxyl groups is 2. The first-order valence-corrected chi connectivity index (χ1v) is 13.9. The van der Waals surface area contributed by atoms with Crippen molar-refractivity contribution in [3.63, 3.8) is 0 Å². The molecule has 0 aromatic heterocycles. The van der Waals surface area contributed by atoms with Crippen molar-refractivity contribution in [2.24, 2.45) is 5.41 Å². The van der Waals surface area contributed by atoms with Gasteiger partial charge in [0, 0.05) is 18.4 Å². The Hall–Kier alpha value is -4.31. The van der Waals surface area contributed by atoms with Crippen LogP contribution in [0.25, 0.3) is 0 Å². The fraction of sp³-hybridized carbons (Fsp3) is 0.162. The van der Waals surface area contributed by atoms with Crippen LogP contribution in [0.1, 0.15) is 49.3 Å². The van der Waals surface area contributed by atoms with Crippen molar-refractivity contribution in [1.29, 1.82) is 0 Å². The summed E-state index contributed by atoms with van der Waals surface area (Å²) in [5, 5.41) is 26.9. The lowest BCUT2D eigenvalue weighted by molar-refractivity contribution is -0.175. The van der Waals surface area contributed by atoms with Crippen LogP contribution in [-0.2, 0) is 29.5 Å². The average molecular weight is 521 g/mol. The zero-order valence-corrected chi connectivity index (χ0v) is 21.9. The van der Waals surface area contributed by atoms with Gasteiger partial charge in [-0.1, -0.05) is 133 Å². The summed E-state index contributed by atoms with van der Waals surface area (Å²) < 4.78 is 0. The van der Waals surface area contributed by atoms with Gasteiger partial charge < -0.3 is 10.2 Å². The lowest BCUT2D eigenvalue weighted by Gasteiger charge is -2.51. The first kappa shape index (κ1) is 23.6. The Morgan fingerprint density at radius 2 is 0.825 bits per heavy atom. The van der Waals surface area contributed by atoms with Gasteiger partial charge in [0.25, 0.3) is 0 Å². The highest BCUT2D eigenvalue weighted by Gasteiger charge is 2.87. The zero-order valence-electron chi connectivity index (χ0n) is 21.9. The number of carbonyl (C=O) groups excluding carboxylic acids is 1. The van der Waals surface area contributed by atoms with Crippen molar-refractivity contribution in [1.82, 2.24) is 0 Å². The molecular formula is C37H28O3. The number of benzene rings is 5. The first-order valence-electron chi connectivity index (χ1n) is 13.9. The zero-order chi connectivity index (χ0) is 27.2. The summed E-state index contributed by atoms with van der Waals surface area (Å²) in [6.45, 7) is 0. The van der Waals surface area contributed by atoms with E-state index < -0.39 is 22.0 Å². The molecule has 3 aliphatic carbocycles. The summed E-state index contributed by atoms with van der Waals surface area (Å²) in [7, 11) is 0. The third-order valence-corrected chi connectivity index (χ3v) is 9.88. The molecule has 3 heteroatoms. The number of carbonyl (C=O) groups is 1. The number of Topliss-reactive ketones (excluding diaryl/α,β-unsaturated/α-hetero) is 1. The Balaban J connectivity index is 1.57. The van der Waals surface area contributed by atoms with Gasteiger partial charge in [-0.25, -0.2) is 0 Å². The van der Waals surface area contributed by atoms with Gasteiger partial charge in [0.1, 0.15) is 16.6 Å². The SMILES string of the molecule is O=C1c2ccccc2C23c4ccccc4C(O)(Cc4ccccc4)C12C(O)(Cc1ccccc1)c1ccccc13. The lowest BCUT2D eigenvalue weighted by atomic mass is 9.52. The second kappa shape index (κ2) is 7.88. The highest BCUT2D eigenvalue weighted by atomic mass is 16.3. The van der Waals surface area contributed by atoms with Crippen molar-refractivity contribution < 1.29 is 15.0 Å². The molecule has 8 rings (SSSR count). The molecule has 3 aliphatic rings. The van der Waals surface area contributed by atoms with Crippen LogP contribution in [0, 0.1) is 5.41 Å². The minimum Gasteiger partial charge on any atom is -0.384 e. The van der Waals surface area contributed by atoms with Gasteiger partial charge in [0.05, 0.1) is 5.41 Å². The van der Waals surface area contributed by atoms with Gasteiger partial charge in [0.15, 0.2) is 5.78 Å². The van der Waals surface area contributed by atoms with E-state index in [9.17, 15) is 10.2 Å². The van der Waals surface area contributed by atoms with Gasteiger partial charge >= 0.3 is 0 Å². The summed E-state index contributed by atoms with van der Waals surface area (Å²) in [5.74, 6) is -0.202. The van der Waals surface area contributed by atoms with Gasteiger partial charge in [-0.15, -0.1) is 0 Å². The Morgan fingerprint density at radius 3 is 1.30 bits per heavy atom. The van der Waals surface area contributed by atoms with E-state index in [1.807, 2.05) is 133 Å². The lowest BCUT2D eigenvalue weighted by Crippen LogP contribution is -2.63. The van der Waals surface area contributed by atoms with Gasteiger partial charge in [-0.3, -0.25) is 4.79 Å². The summed E-state index contributed by atoms with van der Waals surface area (Å²) in [6, 6.07) is 43.2. The minimum absolute atomic E-state index is 0.192. The molecule has 2 atom stereocenters. The van der Waals surface area contributed by atoms with E-state index in [1.54, 1.807) is 0 Å². The van der Waals surface area contributed by atoms with E-state index in [-0.39, 0.29) is 18.6 Å². The smallest absolute Gasteiger partial charge is 0.177 e. The largest absolute Gasteiger partial charge is 0.384 e. The molecule has 5 aromatic rings. The Kier molecular flexibility index (Phi) is 4.64. The van der Waals surface area contributed by atoms with E-state index in [2.05, 4.69) is 0 Å². The van der Waals surface area contributed by atoms with Crippen LogP contribution in [0.2, 0.25) is 0 Å². The molecule has 5 aromatic carbocycles. The second-order valence-corrected chi connectivity index (χ2v) is 11.5. The molecule has 0 fully saturated rings. The Labute approximate surface area is 233 Å². The average Bonchev–Trinajstić information content (AvgIpc) is 3.46. The molecule has 0 heterocycles. The van der Waals surface area contributed by atoms with Crippen LogP contribution in [0.15, 0.2) is 133 Å². The maximum atomic E-state index is 15.3.